The fourth-order valence-electron chi connectivity index (χ4n) is 1.93. The predicted molar refractivity (Wildman–Crippen MR) is 73.9 cm³/mol. The van der Waals surface area contributed by atoms with Crippen molar-refractivity contribution < 1.29 is 10.0 Å². The third-order valence-corrected chi connectivity index (χ3v) is 3.18. The summed E-state index contributed by atoms with van der Waals surface area (Å²) < 4.78 is 0. The summed E-state index contributed by atoms with van der Waals surface area (Å²) in [5.74, 6) is 0.517. The molecule has 0 aliphatic carbocycles. The van der Waals surface area contributed by atoms with E-state index in [1.54, 1.807) is 0 Å². The number of nitrogens with one attached hydrogen (secondary N) is 1. The molecule has 1 atom stereocenters. The lowest BCUT2D eigenvalue weighted by Gasteiger charge is -2.20. The van der Waals surface area contributed by atoms with Gasteiger partial charge in [-0.15, -0.1) is 0 Å². The van der Waals surface area contributed by atoms with Gasteiger partial charge in [-0.25, -0.2) is 4.98 Å². The van der Waals surface area contributed by atoms with Gasteiger partial charge in [0.25, 0.3) is 0 Å². The highest BCUT2D eigenvalue weighted by atomic mass is 16.6. The van der Waals surface area contributed by atoms with Crippen LogP contribution in [0, 0.1) is 16.0 Å². The summed E-state index contributed by atoms with van der Waals surface area (Å²) in [6.45, 7) is 4.40. The first-order valence-corrected chi connectivity index (χ1v) is 6.32. The lowest BCUT2D eigenvalue weighted by molar-refractivity contribution is -0.384. The molecule has 0 aromatic carbocycles. The van der Waals surface area contributed by atoms with E-state index in [9.17, 15) is 15.2 Å². The third-order valence-electron chi connectivity index (χ3n) is 3.18. The minimum atomic E-state index is -0.578. The van der Waals surface area contributed by atoms with Crippen LogP contribution in [0.15, 0.2) is 12.1 Å². The van der Waals surface area contributed by atoms with Gasteiger partial charge in [0.1, 0.15) is 5.82 Å². The molecule has 0 saturated carbocycles. The Balaban J connectivity index is 2.64. The second-order valence-corrected chi connectivity index (χ2v) is 4.38. The highest BCUT2D eigenvalue weighted by molar-refractivity contribution is 5.57. The van der Waals surface area contributed by atoms with Gasteiger partial charge in [-0.05, 0) is 12.0 Å². The average molecular weight is 268 g/mol. The number of hydrogen-bond acceptors (Lipinski definition) is 6. The molecule has 0 bridgehead atoms. The molecule has 1 rings (SSSR count). The average Bonchev–Trinajstić information content (AvgIpc) is 2.37. The maximum atomic E-state index is 10.6. The standard InChI is InChI=1S/C12H20N4O3/c1-3-8(4-2)10(17)7-14-11-6-5-9(16(18)19)12(13)15-11/h5-6,8,10,17H,3-4,7H2,1-2H3,(H3,13,14,15). The summed E-state index contributed by atoms with van der Waals surface area (Å²) in [6, 6.07) is 2.78. The summed E-state index contributed by atoms with van der Waals surface area (Å²) >= 11 is 0. The number of nitro groups is 1. The van der Waals surface area contributed by atoms with Crippen molar-refractivity contribution in [3.8, 4) is 0 Å². The molecule has 7 heteroatoms. The van der Waals surface area contributed by atoms with E-state index >= 15 is 0 Å². The van der Waals surface area contributed by atoms with Crippen molar-refractivity contribution in [2.75, 3.05) is 17.6 Å². The smallest absolute Gasteiger partial charge is 0.311 e. The molecule has 0 amide bonds. The normalized spacial score (nSPS) is 12.4. The van der Waals surface area contributed by atoms with Crippen LogP contribution in [0.4, 0.5) is 17.3 Å². The number of nitrogens with two attached hydrogens (primary N) is 1. The molecule has 1 heterocycles. The van der Waals surface area contributed by atoms with Crippen molar-refractivity contribution in [2.24, 2.45) is 5.92 Å². The monoisotopic (exact) mass is 268 g/mol. The van der Waals surface area contributed by atoms with Crippen LogP contribution in [0.25, 0.3) is 0 Å². The van der Waals surface area contributed by atoms with Crippen LogP contribution >= 0.6 is 0 Å². The fraction of sp³-hybridized carbons (Fsp3) is 0.583. The lowest BCUT2D eigenvalue weighted by Crippen LogP contribution is -2.28. The zero-order valence-electron chi connectivity index (χ0n) is 11.2. The zero-order valence-corrected chi connectivity index (χ0v) is 11.2. The molecular formula is C12H20N4O3. The summed E-state index contributed by atoms with van der Waals surface area (Å²) in [5, 5.41) is 23.5. The second kappa shape index (κ2) is 6.89. The van der Waals surface area contributed by atoms with Gasteiger partial charge in [0, 0.05) is 12.6 Å². The molecule has 1 unspecified atom stereocenters. The van der Waals surface area contributed by atoms with Crippen molar-refractivity contribution in [1.82, 2.24) is 4.98 Å². The van der Waals surface area contributed by atoms with E-state index in [2.05, 4.69) is 10.3 Å². The summed E-state index contributed by atoms with van der Waals surface area (Å²) in [5.41, 5.74) is 5.27. The lowest BCUT2D eigenvalue weighted by atomic mass is 9.97. The molecule has 0 radical (unpaired) electrons. The number of hydrogen-bond donors (Lipinski definition) is 3. The number of pyridine rings is 1. The van der Waals surface area contributed by atoms with Crippen molar-refractivity contribution in [3.63, 3.8) is 0 Å². The molecule has 1 aromatic rings. The predicted octanol–water partition coefficient (Wildman–Crippen LogP) is 1.78. The molecule has 19 heavy (non-hydrogen) atoms. The van der Waals surface area contributed by atoms with Crippen LogP contribution in [0.2, 0.25) is 0 Å². The van der Waals surface area contributed by atoms with Gasteiger partial charge in [-0.3, -0.25) is 10.1 Å². The minimum absolute atomic E-state index is 0.132. The van der Waals surface area contributed by atoms with Crippen LogP contribution in [-0.2, 0) is 0 Å². The Kier molecular flexibility index (Phi) is 5.50. The quantitative estimate of drug-likeness (QED) is 0.513. The van der Waals surface area contributed by atoms with Crippen LogP contribution < -0.4 is 11.1 Å². The maximum Gasteiger partial charge on any atom is 0.311 e. The number of rotatable bonds is 7. The van der Waals surface area contributed by atoms with Gasteiger partial charge in [0.15, 0.2) is 0 Å². The highest BCUT2D eigenvalue weighted by Crippen LogP contribution is 2.21. The van der Waals surface area contributed by atoms with Crippen molar-refractivity contribution in [1.29, 1.82) is 0 Å². The van der Waals surface area contributed by atoms with Gasteiger partial charge in [-0.1, -0.05) is 26.7 Å². The van der Waals surface area contributed by atoms with Gasteiger partial charge in [0.05, 0.1) is 11.0 Å². The first kappa shape index (κ1) is 15.2. The SMILES string of the molecule is CCC(CC)C(O)CNc1ccc([N+](=O)[O-])c(N)n1. The van der Waals surface area contributed by atoms with Crippen molar-refractivity contribution in [2.45, 2.75) is 32.8 Å². The van der Waals surface area contributed by atoms with E-state index in [1.165, 1.54) is 12.1 Å². The molecule has 0 saturated heterocycles. The Morgan fingerprint density at radius 2 is 2.11 bits per heavy atom. The van der Waals surface area contributed by atoms with Crippen LogP contribution in [-0.4, -0.2) is 27.7 Å². The van der Waals surface area contributed by atoms with E-state index in [-0.39, 0.29) is 17.4 Å². The summed E-state index contributed by atoms with van der Waals surface area (Å²) in [4.78, 5) is 13.9. The highest BCUT2D eigenvalue weighted by Gasteiger charge is 2.16. The number of aromatic nitrogens is 1. The zero-order chi connectivity index (χ0) is 14.4. The molecule has 1 aromatic heterocycles. The fourth-order valence-corrected chi connectivity index (χ4v) is 1.93. The number of aliphatic hydroxyl groups is 1. The largest absolute Gasteiger partial charge is 0.391 e. The van der Waals surface area contributed by atoms with E-state index in [1.807, 2.05) is 13.8 Å². The molecule has 4 N–H and O–H groups in total. The van der Waals surface area contributed by atoms with Crippen LogP contribution in [0.1, 0.15) is 26.7 Å². The number of aliphatic hydroxyl groups excluding tert-OH is 1. The second-order valence-electron chi connectivity index (χ2n) is 4.38. The Morgan fingerprint density at radius 3 is 2.58 bits per heavy atom. The van der Waals surface area contributed by atoms with Crippen molar-refractivity contribution in [3.05, 3.63) is 22.2 Å². The number of anilines is 2. The van der Waals surface area contributed by atoms with Gasteiger partial charge < -0.3 is 16.2 Å². The first-order chi connectivity index (χ1) is 8.99. The molecular weight excluding hydrogens is 248 g/mol. The van der Waals surface area contributed by atoms with Gasteiger partial charge in [-0.2, -0.15) is 0 Å². The number of nitrogen functional groups attached to an aromatic ring is 1. The van der Waals surface area contributed by atoms with Gasteiger partial charge in [0.2, 0.25) is 5.82 Å². The molecule has 7 nitrogen and oxygen atoms in total. The molecule has 0 aliphatic rings. The van der Waals surface area contributed by atoms with Gasteiger partial charge >= 0.3 is 5.69 Å². The first-order valence-electron chi connectivity index (χ1n) is 6.32. The topological polar surface area (TPSA) is 114 Å². The Bertz CT molecular complexity index is 435. The third kappa shape index (κ3) is 4.06. The Hall–Kier alpha value is -1.89. The van der Waals surface area contributed by atoms with E-state index in [4.69, 9.17) is 5.73 Å². The molecule has 0 spiro atoms. The Labute approximate surface area is 112 Å². The van der Waals surface area contributed by atoms with Crippen molar-refractivity contribution >= 4 is 17.3 Å². The molecule has 0 fully saturated rings. The van der Waals surface area contributed by atoms with Crippen LogP contribution in [0.5, 0.6) is 0 Å². The Morgan fingerprint density at radius 1 is 1.47 bits per heavy atom. The van der Waals surface area contributed by atoms with Crippen LogP contribution in [0.3, 0.4) is 0 Å². The number of nitrogens with zero attached hydrogens (tertiary/aromatic N) is 2. The van der Waals surface area contributed by atoms with E-state index < -0.39 is 11.0 Å². The molecule has 0 aliphatic heterocycles. The summed E-state index contributed by atoms with van der Waals surface area (Å²) in [6.07, 6.45) is 1.32. The van der Waals surface area contributed by atoms with E-state index in [0.717, 1.165) is 12.8 Å². The summed E-state index contributed by atoms with van der Waals surface area (Å²) in [7, 11) is 0. The maximum absolute atomic E-state index is 10.6. The minimum Gasteiger partial charge on any atom is -0.391 e. The van der Waals surface area contributed by atoms with E-state index in [0.29, 0.717) is 12.4 Å². The molecule has 106 valence electrons.